The Bertz CT molecular complexity index is 598. The highest BCUT2D eigenvalue weighted by atomic mass is 32.2. The molecule has 0 saturated heterocycles. The van der Waals surface area contributed by atoms with Gasteiger partial charge in [-0.05, 0) is 36.8 Å². The first kappa shape index (κ1) is 16.4. The average molecular weight is 315 g/mol. The summed E-state index contributed by atoms with van der Waals surface area (Å²) in [5.74, 6) is 1.38. The van der Waals surface area contributed by atoms with Crippen molar-refractivity contribution < 1.29 is 9.53 Å². The molecule has 0 N–H and O–H groups in total. The molecule has 1 unspecified atom stereocenters. The fourth-order valence-electron chi connectivity index (χ4n) is 2.09. The van der Waals surface area contributed by atoms with Crippen LogP contribution in [-0.2, 0) is 4.79 Å². The zero-order valence-corrected chi connectivity index (χ0v) is 14.0. The summed E-state index contributed by atoms with van der Waals surface area (Å²) >= 11 is 1.54. The molecule has 0 spiro atoms. The molecular formula is C18H21NO2S. The Morgan fingerprint density at radius 2 is 1.77 bits per heavy atom. The number of hydrogen-bond acceptors (Lipinski definition) is 3. The first-order valence-corrected chi connectivity index (χ1v) is 8.18. The molecule has 116 valence electrons. The molecular weight excluding hydrogens is 294 g/mol. The summed E-state index contributed by atoms with van der Waals surface area (Å²) in [5.41, 5.74) is 1.15. The van der Waals surface area contributed by atoms with Crippen molar-refractivity contribution in [3.8, 4) is 5.75 Å². The Hall–Kier alpha value is -1.94. The van der Waals surface area contributed by atoms with Gasteiger partial charge in [0.05, 0.1) is 18.9 Å². The minimum absolute atomic E-state index is 0.0742. The maximum absolute atomic E-state index is 12.3. The highest BCUT2D eigenvalue weighted by Crippen LogP contribution is 2.23. The van der Waals surface area contributed by atoms with Crippen LogP contribution in [-0.4, -0.2) is 30.7 Å². The van der Waals surface area contributed by atoms with E-state index in [1.165, 1.54) is 0 Å². The van der Waals surface area contributed by atoms with E-state index in [-0.39, 0.29) is 11.9 Å². The van der Waals surface area contributed by atoms with Crippen LogP contribution in [0.5, 0.6) is 5.75 Å². The van der Waals surface area contributed by atoms with Crippen LogP contribution >= 0.6 is 11.8 Å². The minimum atomic E-state index is 0.0742. The molecule has 4 heteroatoms. The zero-order valence-electron chi connectivity index (χ0n) is 13.2. The van der Waals surface area contributed by atoms with Crippen LogP contribution < -0.4 is 4.74 Å². The van der Waals surface area contributed by atoms with E-state index in [9.17, 15) is 4.79 Å². The topological polar surface area (TPSA) is 29.5 Å². The summed E-state index contributed by atoms with van der Waals surface area (Å²) in [6, 6.07) is 17.9. The fraction of sp³-hybridized carbons (Fsp3) is 0.278. The Kier molecular flexibility index (Phi) is 5.90. The highest BCUT2D eigenvalue weighted by molar-refractivity contribution is 8.00. The monoisotopic (exact) mass is 315 g/mol. The maximum Gasteiger partial charge on any atom is 0.233 e. The standard InChI is InChI=1S/C18H21NO2S/c1-14(15-7-5-4-6-8-15)19(2)18(20)13-22-17-11-9-16(21-3)10-12-17/h4-12,14H,13H2,1-3H3. The summed E-state index contributed by atoms with van der Waals surface area (Å²) in [5, 5.41) is 0. The van der Waals surface area contributed by atoms with Crippen LogP contribution in [0, 0.1) is 0 Å². The van der Waals surface area contributed by atoms with Crippen LogP contribution in [0.15, 0.2) is 59.5 Å². The second-order valence-electron chi connectivity index (χ2n) is 5.06. The number of hydrogen-bond donors (Lipinski definition) is 0. The third-order valence-corrected chi connectivity index (χ3v) is 4.67. The van der Waals surface area contributed by atoms with E-state index in [0.29, 0.717) is 5.75 Å². The Balaban J connectivity index is 1.90. The van der Waals surface area contributed by atoms with E-state index in [0.717, 1.165) is 16.2 Å². The summed E-state index contributed by atoms with van der Waals surface area (Å²) in [6.07, 6.45) is 0. The molecule has 0 aromatic heterocycles. The predicted molar refractivity (Wildman–Crippen MR) is 91.3 cm³/mol. The summed E-state index contributed by atoms with van der Waals surface area (Å²) in [7, 11) is 3.50. The van der Waals surface area contributed by atoms with Crippen molar-refractivity contribution in [2.24, 2.45) is 0 Å². The Morgan fingerprint density at radius 1 is 1.14 bits per heavy atom. The molecule has 3 nitrogen and oxygen atoms in total. The number of benzene rings is 2. The number of carbonyl (C=O) groups excluding carboxylic acids is 1. The van der Waals surface area contributed by atoms with Gasteiger partial charge in [-0.15, -0.1) is 11.8 Å². The molecule has 22 heavy (non-hydrogen) atoms. The summed E-state index contributed by atoms with van der Waals surface area (Å²) in [4.78, 5) is 15.2. The summed E-state index contributed by atoms with van der Waals surface area (Å²) < 4.78 is 5.13. The van der Waals surface area contributed by atoms with Gasteiger partial charge in [-0.2, -0.15) is 0 Å². The zero-order chi connectivity index (χ0) is 15.9. The molecule has 1 amide bonds. The Labute approximate surface area is 136 Å². The molecule has 2 aromatic rings. The van der Waals surface area contributed by atoms with Gasteiger partial charge in [0.25, 0.3) is 0 Å². The van der Waals surface area contributed by atoms with Gasteiger partial charge in [0.1, 0.15) is 5.75 Å². The van der Waals surface area contributed by atoms with Crippen molar-refractivity contribution >= 4 is 17.7 Å². The van der Waals surface area contributed by atoms with Gasteiger partial charge in [-0.3, -0.25) is 4.79 Å². The molecule has 0 bridgehead atoms. The molecule has 0 saturated carbocycles. The summed E-state index contributed by atoms with van der Waals surface area (Å²) in [6.45, 7) is 2.05. The number of carbonyl (C=O) groups is 1. The largest absolute Gasteiger partial charge is 0.497 e. The molecule has 0 fully saturated rings. The van der Waals surface area contributed by atoms with Gasteiger partial charge in [0.15, 0.2) is 0 Å². The molecule has 2 aromatic carbocycles. The van der Waals surface area contributed by atoms with E-state index < -0.39 is 0 Å². The van der Waals surface area contributed by atoms with Gasteiger partial charge in [0.2, 0.25) is 5.91 Å². The number of thioether (sulfide) groups is 1. The first-order chi connectivity index (χ1) is 10.6. The molecule has 1 atom stereocenters. The lowest BCUT2D eigenvalue weighted by atomic mass is 10.1. The number of nitrogens with zero attached hydrogens (tertiary/aromatic N) is 1. The molecule has 0 aliphatic rings. The number of rotatable bonds is 6. The Morgan fingerprint density at radius 3 is 2.36 bits per heavy atom. The van der Waals surface area contributed by atoms with Gasteiger partial charge < -0.3 is 9.64 Å². The van der Waals surface area contributed by atoms with Crippen molar-refractivity contribution in [1.29, 1.82) is 0 Å². The third-order valence-electron chi connectivity index (χ3n) is 3.68. The lowest BCUT2D eigenvalue weighted by Gasteiger charge is -2.25. The van der Waals surface area contributed by atoms with E-state index in [1.807, 2.05) is 68.6 Å². The fourth-order valence-corrected chi connectivity index (χ4v) is 2.91. The number of amides is 1. The molecule has 0 aliphatic carbocycles. The minimum Gasteiger partial charge on any atom is -0.497 e. The quantitative estimate of drug-likeness (QED) is 0.754. The molecule has 0 heterocycles. The lowest BCUT2D eigenvalue weighted by molar-refractivity contribution is -0.128. The van der Waals surface area contributed by atoms with Crippen LogP contribution in [0.25, 0.3) is 0 Å². The first-order valence-electron chi connectivity index (χ1n) is 7.19. The third kappa shape index (κ3) is 4.28. The van der Waals surface area contributed by atoms with E-state index in [2.05, 4.69) is 0 Å². The second kappa shape index (κ2) is 7.90. The van der Waals surface area contributed by atoms with E-state index in [4.69, 9.17) is 4.74 Å². The number of ether oxygens (including phenoxy) is 1. The highest BCUT2D eigenvalue weighted by Gasteiger charge is 2.17. The van der Waals surface area contributed by atoms with Crippen LogP contribution in [0.4, 0.5) is 0 Å². The maximum atomic E-state index is 12.3. The van der Waals surface area contributed by atoms with E-state index >= 15 is 0 Å². The van der Waals surface area contributed by atoms with Crippen LogP contribution in [0.2, 0.25) is 0 Å². The van der Waals surface area contributed by atoms with Gasteiger partial charge in [0, 0.05) is 11.9 Å². The van der Waals surface area contributed by atoms with E-state index in [1.54, 1.807) is 23.8 Å². The van der Waals surface area contributed by atoms with Crippen LogP contribution in [0.1, 0.15) is 18.5 Å². The van der Waals surface area contributed by atoms with Crippen molar-refractivity contribution in [3.63, 3.8) is 0 Å². The molecule has 0 aliphatic heterocycles. The van der Waals surface area contributed by atoms with Crippen molar-refractivity contribution in [3.05, 3.63) is 60.2 Å². The van der Waals surface area contributed by atoms with Gasteiger partial charge in [-0.25, -0.2) is 0 Å². The van der Waals surface area contributed by atoms with Crippen LogP contribution in [0.3, 0.4) is 0 Å². The molecule has 2 rings (SSSR count). The molecule has 0 radical (unpaired) electrons. The van der Waals surface area contributed by atoms with Gasteiger partial charge in [-0.1, -0.05) is 30.3 Å². The average Bonchev–Trinajstić information content (AvgIpc) is 2.59. The lowest BCUT2D eigenvalue weighted by Crippen LogP contribution is -2.31. The smallest absolute Gasteiger partial charge is 0.233 e. The normalized spacial score (nSPS) is 11.8. The number of methoxy groups -OCH3 is 1. The predicted octanol–water partition coefficient (Wildman–Crippen LogP) is 4.01. The van der Waals surface area contributed by atoms with Crippen molar-refractivity contribution in [1.82, 2.24) is 4.90 Å². The SMILES string of the molecule is COc1ccc(SCC(=O)N(C)C(C)c2ccccc2)cc1. The van der Waals surface area contributed by atoms with Crippen molar-refractivity contribution in [2.75, 3.05) is 19.9 Å². The van der Waals surface area contributed by atoms with Crippen molar-refractivity contribution in [2.45, 2.75) is 17.9 Å². The van der Waals surface area contributed by atoms with Gasteiger partial charge >= 0.3 is 0 Å². The second-order valence-corrected chi connectivity index (χ2v) is 6.10.